The van der Waals surface area contributed by atoms with Gasteiger partial charge in [0.15, 0.2) is 6.10 Å². The molecule has 0 saturated carbocycles. The molecule has 0 spiro atoms. The summed E-state index contributed by atoms with van der Waals surface area (Å²) in [6.45, 7) is 4.19. The van der Waals surface area contributed by atoms with Crippen molar-refractivity contribution < 1.29 is 20.1 Å². The maximum Gasteiger partial charge on any atom is 0.253 e. The number of amides is 1. The van der Waals surface area contributed by atoms with Gasteiger partial charge in [-0.3, -0.25) is 4.79 Å². The molecule has 0 unspecified atom stereocenters. The van der Waals surface area contributed by atoms with E-state index < -0.39 is 24.2 Å². The average Bonchev–Trinajstić information content (AvgIpc) is 2.98. The first-order valence-corrected chi connectivity index (χ1v) is 18.0. The Morgan fingerprint density at radius 1 is 0.585 bits per heavy atom. The highest BCUT2D eigenvalue weighted by Gasteiger charge is 2.22. The zero-order valence-corrected chi connectivity index (χ0v) is 27.4. The van der Waals surface area contributed by atoms with Crippen LogP contribution in [0.1, 0.15) is 187 Å². The zero-order valence-electron chi connectivity index (χ0n) is 27.4. The van der Waals surface area contributed by atoms with Crippen LogP contribution in [0, 0.1) is 0 Å². The predicted octanol–water partition coefficient (Wildman–Crippen LogP) is 9.31. The third-order valence-corrected chi connectivity index (χ3v) is 8.40. The maximum atomic E-state index is 12.3. The molecule has 5 heteroatoms. The standard InChI is InChI=1S/C36H71NO4/c1-3-5-7-9-11-13-15-17-19-21-23-25-27-29-31-35(40)36(41)37-33(32-38)34(39)30-28-26-24-22-20-18-16-14-12-10-8-6-4-2/h29,31,33-35,38-40H,3-28,30,32H2,1-2H3,(H,37,41)/b31-29+/t33-,34-,35-/m1/s1. The Morgan fingerprint density at radius 3 is 1.34 bits per heavy atom. The number of aliphatic hydroxyl groups is 3. The van der Waals surface area contributed by atoms with E-state index in [0.717, 1.165) is 25.7 Å². The first-order valence-electron chi connectivity index (χ1n) is 18.0. The van der Waals surface area contributed by atoms with Gasteiger partial charge in [0.05, 0.1) is 18.8 Å². The van der Waals surface area contributed by atoms with Crippen LogP contribution < -0.4 is 5.32 Å². The molecule has 0 bridgehead atoms. The van der Waals surface area contributed by atoms with Gasteiger partial charge < -0.3 is 20.6 Å². The van der Waals surface area contributed by atoms with Crippen molar-refractivity contribution in [2.75, 3.05) is 6.61 Å². The number of carbonyl (C=O) groups is 1. The fraction of sp³-hybridized carbons (Fsp3) is 0.917. The van der Waals surface area contributed by atoms with E-state index in [9.17, 15) is 20.1 Å². The van der Waals surface area contributed by atoms with E-state index in [1.807, 2.05) is 6.08 Å². The number of hydrogen-bond donors (Lipinski definition) is 4. The second-order valence-electron chi connectivity index (χ2n) is 12.4. The van der Waals surface area contributed by atoms with Gasteiger partial charge in [-0.1, -0.05) is 180 Å². The molecular weight excluding hydrogens is 510 g/mol. The SMILES string of the molecule is CCCCCCCCCCCCCC/C=C/[C@@H](O)C(=O)N[C@H](CO)[C@H](O)CCCCCCCCCCCCCCC. The second-order valence-corrected chi connectivity index (χ2v) is 12.4. The van der Waals surface area contributed by atoms with Gasteiger partial charge in [-0.25, -0.2) is 0 Å². The Kier molecular flexibility index (Phi) is 31.3. The molecule has 0 aromatic rings. The van der Waals surface area contributed by atoms with Crippen molar-refractivity contribution in [1.82, 2.24) is 5.32 Å². The van der Waals surface area contributed by atoms with Crippen LogP contribution in [0.5, 0.6) is 0 Å². The largest absolute Gasteiger partial charge is 0.394 e. The topological polar surface area (TPSA) is 89.8 Å². The number of unbranched alkanes of at least 4 members (excludes halogenated alkanes) is 24. The molecule has 0 saturated heterocycles. The van der Waals surface area contributed by atoms with Crippen LogP contribution in [0.15, 0.2) is 12.2 Å². The van der Waals surface area contributed by atoms with Gasteiger partial charge in [0.1, 0.15) is 0 Å². The van der Waals surface area contributed by atoms with Crippen LogP contribution in [0.25, 0.3) is 0 Å². The summed E-state index contributed by atoms with van der Waals surface area (Å²) in [6, 6.07) is -0.737. The Labute approximate surface area is 255 Å². The van der Waals surface area contributed by atoms with E-state index in [1.54, 1.807) is 0 Å². The summed E-state index contributed by atoms with van der Waals surface area (Å²) in [5, 5.41) is 32.9. The van der Waals surface area contributed by atoms with Crippen molar-refractivity contribution in [2.45, 2.75) is 205 Å². The lowest BCUT2D eigenvalue weighted by Crippen LogP contribution is -2.49. The molecule has 0 fully saturated rings. The molecule has 41 heavy (non-hydrogen) atoms. The van der Waals surface area contributed by atoms with Crippen LogP contribution in [0.2, 0.25) is 0 Å². The fourth-order valence-electron chi connectivity index (χ4n) is 5.52. The normalized spacial score (nSPS) is 14.0. The van der Waals surface area contributed by atoms with E-state index in [1.165, 1.54) is 147 Å². The number of allylic oxidation sites excluding steroid dienone is 1. The summed E-state index contributed by atoms with van der Waals surface area (Å²) < 4.78 is 0. The van der Waals surface area contributed by atoms with Gasteiger partial charge in [-0.2, -0.15) is 0 Å². The number of aliphatic hydroxyl groups excluding tert-OH is 3. The molecule has 5 nitrogen and oxygen atoms in total. The number of hydrogen-bond acceptors (Lipinski definition) is 4. The van der Waals surface area contributed by atoms with Crippen molar-refractivity contribution in [1.29, 1.82) is 0 Å². The van der Waals surface area contributed by atoms with Crippen molar-refractivity contribution in [3.05, 3.63) is 12.2 Å². The maximum absolute atomic E-state index is 12.3. The van der Waals surface area contributed by atoms with E-state index in [-0.39, 0.29) is 6.61 Å². The molecule has 0 aliphatic carbocycles. The van der Waals surface area contributed by atoms with Crippen LogP contribution in [0.4, 0.5) is 0 Å². The third kappa shape index (κ3) is 27.7. The van der Waals surface area contributed by atoms with Gasteiger partial charge in [0, 0.05) is 0 Å². The van der Waals surface area contributed by atoms with Crippen LogP contribution >= 0.6 is 0 Å². The first kappa shape index (κ1) is 40.1. The molecule has 3 atom stereocenters. The fourth-order valence-corrected chi connectivity index (χ4v) is 5.52. The smallest absolute Gasteiger partial charge is 0.253 e. The van der Waals surface area contributed by atoms with Gasteiger partial charge in [-0.05, 0) is 19.3 Å². The molecular formula is C36H71NO4. The van der Waals surface area contributed by atoms with E-state index >= 15 is 0 Å². The minimum Gasteiger partial charge on any atom is -0.394 e. The highest BCUT2D eigenvalue weighted by molar-refractivity contribution is 5.82. The average molecular weight is 582 g/mol. The number of carbonyl (C=O) groups excluding carboxylic acids is 1. The van der Waals surface area contributed by atoms with Gasteiger partial charge in [0.25, 0.3) is 5.91 Å². The lowest BCUT2D eigenvalue weighted by molar-refractivity contribution is -0.129. The summed E-state index contributed by atoms with van der Waals surface area (Å²) in [7, 11) is 0. The highest BCUT2D eigenvalue weighted by Crippen LogP contribution is 2.15. The molecule has 0 aliphatic heterocycles. The molecule has 0 aliphatic rings. The monoisotopic (exact) mass is 582 g/mol. The minimum atomic E-state index is -1.25. The van der Waals surface area contributed by atoms with Gasteiger partial charge in [0.2, 0.25) is 0 Å². The van der Waals surface area contributed by atoms with Crippen LogP contribution in [0.3, 0.4) is 0 Å². The molecule has 0 rings (SSSR count). The Hall–Kier alpha value is -0.910. The van der Waals surface area contributed by atoms with E-state index in [2.05, 4.69) is 19.2 Å². The molecule has 244 valence electrons. The molecule has 0 aromatic carbocycles. The Balaban J connectivity index is 3.74. The third-order valence-electron chi connectivity index (χ3n) is 8.40. The van der Waals surface area contributed by atoms with Crippen LogP contribution in [-0.4, -0.2) is 46.1 Å². The second kappa shape index (κ2) is 32.0. The lowest BCUT2D eigenvalue weighted by Gasteiger charge is -2.23. The number of nitrogens with one attached hydrogen (secondary N) is 1. The lowest BCUT2D eigenvalue weighted by atomic mass is 10.0. The molecule has 0 radical (unpaired) electrons. The summed E-state index contributed by atoms with van der Waals surface area (Å²) in [5.41, 5.74) is 0. The first-order chi connectivity index (χ1) is 20.1. The Morgan fingerprint density at radius 2 is 0.951 bits per heavy atom. The molecule has 4 N–H and O–H groups in total. The van der Waals surface area contributed by atoms with Crippen molar-refractivity contribution in [3.63, 3.8) is 0 Å². The molecule has 0 aromatic heterocycles. The van der Waals surface area contributed by atoms with Gasteiger partial charge >= 0.3 is 0 Å². The quantitative estimate of drug-likeness (QED) is 0.0471. The summed E-state index contributed by atoms with van der Waals surface area (Å²) in [5.74, 6) is -0.556. The zero-order chi connectivity index (χ0) is 30.2. The summed E-state index contributed by atoms with van der Waals surface area (Å²) >= 11 is 0. The van der Waals surface area contributed by atoms with E-state index in [0.29, 0.717) is 6.42 Å². The summed E-state index contributed by atoms with van der Waals surface area (Å²) in [6.07, 6.45) is 35.0. The Bertz CT molecular complexity index is 568. The molecule has 1 amide bonds. The number of rotatable bonds is 32. The van der Waals surface area contributed by atoms with Crippen LogP contribution in [-0.2, 0) is 4.79 Å². The van der Waals surface area contributed by atoms with Gasteiger partial charge in [-0.15, -0.1) is 0 Å². The van der Waals surface area contributed by atoms with Crippen molar-refractivity contribution >= 4 is 5.91 Å². The minimum absolute atomic E-state index is 0.333. The van der Waals surface area contributed by atoms with Crippen molar-refractivity contribution in [3.8, 4) is 0 Å². The van der Waals surface area contributed by atoms with Crippen molar-refractivity contribution in [2.24, 2.45) is 0 Å². The summed E-state index contributed by atoms with van der Waals surface area (Å²) in [4.78, 5) is 12.3. The highest BCUT2D eigenvalue weighted by atomic mass is 16.3. The predicted molar refractivity (Wildman–Crippen MR) is 176 cm³/mol. The molecule has 0 heterocycles. The van der Waals surface area contributed by atoms with E-state index in [4.69, 9.17) is 0 Å².